The standard InChI is InChI=1S/C19H20N4O4S/c1-22(15-6-7-28(26,27)11-15)18(24)13-5-3-4-12(8-13)14-9-16-17(20-10-14)21-19(25)23(16)2/h3-5,8-10,15H,6-7,11H2,1-2H3,(H,20,21,25). The zero-order valence-corrected chi connectivity index (χ0v) is 16.4. The summed E-state index contributed by atoms with van der Waals surface area (Å²) in [5.74, 6) is -0.0833. The fourth-order valence-electron chi connectivity index (χ4n) is 3.54. The molecule has 1 unspecified atom stereocenters. The second-order valence-corrected chi connectivity index (χ2v) is 9.36. The van der Waals surface area contributed by atoms with Crippen molar-refractivity contribution in [3.05, 3.63) is 52.6 Å². The average molecular weight is 400 g/mol. The third kappa shape index (κ3) is 3.22. The molecule has 3 aromatic rings. The van der Waals surface area contributed by atoms with Gasteiger partial charge in [-0.3, -0.25) is 14.3 Å². The molecule has 0 aliphatic carbocycles. The van der Waals surface area contributed by atoms with Gasteiger partial charge in [0, 0.05) is 37.5 Å². The Labute approximate surface area is 161 Å². The van der Waals surface area contributed by atoms with Crippen molar-refractivity contribution in [2.24, 2.45) is 7.05 Å². The maximum Gasteiger partial charge on any atom is 0.327 e. The Kier molecular flexibility index (Phi) is 4.34. The van der Waals surface area contributed by atoms with Crippen LogP contribution in [0, 0.1) is 0 Å². The summed E-state index contributed by atoms with van der Waals surface area (Å²) in [4.78, 5) is 33.1. The van der Waals surface area contributed by atoms with Crippen LogP contribution in [0.5, 0.6) is 0 Å². The summed E-state index contributed by atoms with van der Waals surface area (Å²) in [7, 11) is 0.243. The van der Waals surface area contributed by atoms with Gasteiger partial charge in [-0.25, -0.2) is 18.2 Å². The van der Waals surface area contributed by atoms with Crippen molar-refractivity contribution in [3.8, 4) is 11.1 Å². The molecule has 2 aromatic heterocycles. The van der Waals surface area contributed by atoms with Crippen molar-refractivity contribution in [1.82, 2.24) is 19.4 Å². The molecule has 1 atom stereocenters. The van der Waals surface area contributed by atoms with Crippen LogP contribution in [0.15, 0.2) is 41.3 Å². The molecule has 1 aliphatic rings. The van der Waals surface area contributed by atoms with E-state index >= 15 is 0 Å². The van der Waals surface area contributed by atoms with E-state index in [9.17, 15) is 18.0 Å². The van der Waals surface area contributed by atoms with Crippen LogP contribution in [0.2, 0.25) is 0 Å². The number of fused-ring (bicyclic) bond motifs is 1. The lowest BCUT2D eigenvalue weighted by molar-refractivity contribution is 0.0747. The molecule has 0 radical (unpaired) electrons. The highest BCUT2D eigenvalue weighted by Gasteiger charge is 2.33. The highest BCUT2D eigenvalue weighted by molar-refractivity contribution is 7.91. The third-order valence-electron chi connectivity index (χ3n) is 5.28. The number of imidazole rings is 1. The minimum Gasteiger partial charge on any atom is -0.338 e. The largest absolute Gasteiger partial charge is 0.338 e. The number of aromatic nitrogens is 3. The van der Waals surface area contributed by atoms with E-state index in [0.717, 1.165) is 11.1 Å². The SMILES string of the molecule is CN(C(=O)c1cccc(-c2cnc3[nH]c(=O)n(C)c3c2)c1)C1CCS(=O)(=O)C1. The number of pyridine rings is 1. The smallest absolute Gasteiger partial charge is 0.327 e. The lowest BCUT2D eigenvalue weighted by Crippen LogP contribution is -2.37. The highest BCUT2D eigenvalue weighted by atomic mass is 32.2. The summed E-state index contributed by atoms with van der Waals surface area (Å²) in [6.45, 7) is 0. The molecule has 0 saturated carbocycles. The van der Waals surface area contributed by atoms with Gasteiger partial charge in [-0.1, -0.05) is 12.1 Å². The highest BCUT2D eigenvalue weighted by Crippen LogP contribution is 2.24. The van der Waals surface area contributed by atoms with Crippen molar-refractivity contribution in [2.45, 2.75) is 12.5 Å². The molecule has 9 heteroatoms. The van der Waals surface area contributed by atoms with Gasteiger partial charge in [-0.05, 0) is 30.2 Å². The van der Waals surface area contributed by atoms with Crippen LogP contribution in [0.4, 0.5) is 0 Å². The summed E-state index contributed by atoms with van der Waals surface area (Å²) in [6.07, 6.45) is 2.11. The van der Waals surface area contributed by atoms with Gasteiger partial charge >= 0.3 is 5.69 Å². The van der Waals surface area contributed by atoms with Crippen LogP contribution in [0.3, 0.4) is 0 Å². The lowest BCUT2D eigenvalue weighted by atomic mass is 10.0. The molecule has 0 bridgehead atoms. The number of sulfone groups is 1. The van der Waals surface area contributed by atoms with E-state index in [0.29, 0.717) is 23.1 Å². The van der Waals surface area contributed by atoms with Crippen LogP contribution in [-0.4, -0.2) is 58.4 Å². The number of hydrogen-bond acceptors (Lipinski definition) is 5. The number of H-pyrrole nitrogens is 1. The fraction of sp³-hybridized carbons (Fsp3) is 0.316. The second kappa shape index (κ2) is 6.59. The molecule has 1 aromatic carbocycles. The summed E-state index contributed by atoms with van der Waals surface area (Å²) < 4.78 is 24.9. The molecule has 3 heterocycles. The van der Waals surface area contributed by atoms with Crippen molar-refractivity contribution in [1.29, 1.82) is 0 Å². The van der Waals surface area contributed by atoms with E-state index in [1.165, 1.54) is 9.47 Å². The normalized spacial score (nSPS) is 18.4. The molecular weight excluding hydrogens is 380 g/mol. The molecule has 0 spiro atoms. The Hall–Kier alpha value is -2.94. The number of carbonyl (C=O) groups excluding carboxylic acids is 1. The van der Waals surface area contributed by atoms with E-state index in [4.69, 9.17) is 0 Å². The first-order chi connectivity index (χ1) is 13.2. The van der Waals surface area contributed by atoms with Gasteiger partial charge in [0.05, 0.1) is 17.0 Å². The third-order valence-corrected chi connectivity index (χ3v) is 7.03. The topological polar surface area (TPSA) is 105 Å². The zero-order chi connectivity index (χ0) is 20.1. The molecule has 1 N–H and O–H groups in total. The Morgan fingerprint density at radius 1 is 1.29 bits per heavy atom. The predicted molar refractivity (Wildman–Crippen MR) is 106 cm³/mol. The predicted octanol–water partition coefficient (Wildman–Crippen LogP) is 1.19. The van der Waals surface area contributed by atoms with Gasteiger partial charge in [-0.15, -0.1) is 0 Å². The fourth-order valence-corrected chi connectivity index (χ4v) is 5.31. The minimum absolute atomic E-state index is 0.0109. The first-order valence-electron chi connectivity index (χ1n) is 8.88. The number of aromatic amines is 1. The van der Waals surface area contributed by atoms with E-state index in [2.05, 4.69) is 9.97 Å². The van der Waals surface area contributed by atoms with Gasteiger partial charge < -0.3 is 4.90 Å². The van der Waals surface area contributed by atoms with Gasteiger partial charge in [0.1, 0.15) is 0 Å². The summed E-state index contributed by atoms with van der Waals surface area (Å²) in [5.41, 5.74) is 2.99. The van der Waals surface area contributed by atoms with Crippen LogP contribution in [-0.2, 0) is 16.9 Å². The monoisotopic (exact) mass is 400 g/mol. The molecule has 1 amide bonds. The number of amides is 1. The lowest BCUT2D eigenvalue weighted by Gasteiger charge is -2.23. The minimum atomic E-state index is -3.06. The molecular formula is C19H20N4O4S. The Bertz CT molecular complexity index is 1240. The van der Waals surface area contributed by atoms with Gasteiger partial charge in [0.15, 0.2) is 15.5 Å². The number of nitrogens with one attached hydrogen (secondary N) is 1. The van der Waals surface area contributed by atoms with Crippen LogP contribution < -0.4 is 5.69 Å². The maximum absolute atomic E-state index is 12.9. The number of nitrogens with zero attached hydrogens (tertiary/aromatic N) is 3. The number of rotatable bonds is 3. The van der Waals surface area contributed by atoms with E-state index < -0.39 is 9.84 Å². The van der Waals surface area contributed by atoms with Gasteiger partial charge in [0.25, 0.3) is 5.91 Å². The van der Waals surface area contributed by atoms with E-state index in [-0.39, 0.29) is 29.1 Å². The molecule has 8 nitrogen and oxygen atoms in total. The first kappa shape index (κ1) is 18.4. The van der Waals surface area contributed by atoms with Gasteiger partial charge in [-0.2, -0.15) is 0 Å². The van der Waals surface area contributed by atoms with E-state index in [1.54, 1.807) is 38.5 Å². The number of hydrogen-bond donors (Lipinski definition) is 1. The van der Waals surface area contributed by atoms with Crippen molar-refractivity contribution < 1.29 is 13.2 Å². The Balaban J connectivity index is 1.65. The number of benzene rings is 1. The van der Waals surface area contributed by atoms with Crippen LogP contribution in [0.25, 0.3) is 22.3 Å². The van der Waals surface area contributed by atoms with Crippen LogP contribution >= 0.6 is 0 Å². The van der Waals surface area contributed by atoms with Crippen molar-refractivity contribution in [3.63, 3.8) is 0 Å². The first-order valence-corrected chi connectivity index (χ1v) is 10.7. The summed E-state index contributed by atoms with van der Waals surface area (Å²) in [6, 6.07) is 8.66. The molecule has 1 fully saturated rings. The van der Waals surface area contributed by atoms with Crippen molar-refractivity contribution >= 4 is 26.9 Å². The molecule has 28 heavy (non-hydrogen) atoms. The Morgan fingerprint density at radius 3 is 2.79 bits per heavy atom. The molecule has 1 aliphatic heterocycles. The van der Waals surface area contributed by atoms with Crippen LogP contribution in [0.1, 0.15) is 16.8 Å². The molecule has 1 saturated heterocycles. The number of carbonyl (C=O) groups is 1. The number of aryl methyl sites for hydroxylation is 1. The summed E-state index contributed by atoms with van der Waals surface area (Å²) >= 11 is 0. The summed E-state index contributed by atoms with van der Waals surface area (Å²) in [5, 5.41) is 0. The molecule has 146 valence electrons. The maximum atomic E-state index is 12.9. The second-order valence-electron chi connectivity index (χ2n) is 7.13. The average Bonchev–Trinajstić information content (AvgIpc) is 3.19. The Morgan fingerprint density at radius 2 is 2.07 bits per heavy atom. The van der Waals surface area contributed by atoms with Gasteiger partial charge in [0.2, 0.25) is 0 Å². The van der Waals surface area contributed by atoms with Crippen molar-refractivity contribution in [2.75, 3.05) is 18.6 Å². The zero-order valence-electron chi connectivity index (χ0n) is 15.5. The quantitative estimate of drug-likeness (QED) is 0.711. The van der Waals surface area contributed by atoms with E-state index in [1.807, 2.05) is 12.1 Å². The molecule has 4 rings (SSSR count).